The Labute approximate surface area is 134 Å². The molecule has 1 aliphatic heterocycles. The van der Waals surface area contributed by atoms with Gasteiger partial charge in [-0.1, -0.05) is 18.2 Å². The third-order valence-electron chi connectivity index (χ3n) is 3.90. The molecule has 2 heterocycles. The number of benzene rings is 1. The molecule has 3 rings (SSSR count). The number of anilines is 1. The molecule has 5 heteroatoms. The first-order valence-corrected chi connectivity index (χ1v) is 7.48. The average molecular weight is 307 g/mol. The van der Waals surface area contributed by atoms with Gasteiger partial charge in [0, 0.05) is 17.9 Å². The lowest BCUT2D eigenvalue weighted by atomic mass is 10.1. The van der Waals surface area contributed by atoms with Crippen molar-refractivity contribution in [3.63, 3.8) is 0 Å². The van der Waals surface area contributed by atoms with E-state index in [-0.39, 0.29) is 18.2 Å². The summed E-state index contributed by atoms with van der Waals surface area (Å²) in [4.78, 5) is 14.2. The Morgan fingerprint density at radius 3 is 3.00 bits per heavy atom. The van der Waals surface area contributed by atoms with Gasteiger partial charge in [0.2, 0.25) is 0 Å². The zero-order chi connectivity index (χ0) is 16.2. The molecule has 116 valence electrons. The van der Waals surface area contributed by atoms with Crippen LogP contribution in [-0.2, 0) is 17.8 Å². The second-order valence-corrected chi connectivity index (χ2v) is 5.51. The molecule has 2 aromatic rings. The van der Waals surface area contributed by atoms with Gasteiger partial charge in [-0.3, -0.25) is 4.79 Å². The van der Waals surface area contributed by atoms with Gasteiger partial charge in [-0.15, -0.1) is 0 Å². The van der Waals surface area contributed by atoms with Crippen LogP contribution in [0.5, 0.6) is 0 Å². The molecule has 0 radical (unpaired) electrons. The lowest BCUT2D eigenvalue weighted by Gasteiger charge is -2.20. The number of nitrogens with one attached hydrogen (secondary N) is 1. The maximum atomic E-state index is 12.2. The molecule has 1 N–H and O–H groups in total. The van der Waals surface area contributed by atoms with Crippen molar-refractivity contribution in [1.29, 1.82) is 5.26 Å². The molecule has 0 bridgehead atoms. The number of carbonyl (C=O) groups excluding carboxylic acids is 1. The zero-order valence-corrected chi connectivity index (χ0v) is 12.8. The van der Waals surface area contributed by atoms with Gasteiger partial charge in [0.25, 0.3) is 5.91 Å². The lowest BCUT2D eigenvalue weighted by Crippen LogP contribution is -2.28. The maximum absolute atomic E-state index is 12.2. The van der Waals surface area contributed by atoms with Gasteiger partial charge < -0.3 is 14.6 Å². The van der Waals surface area contributed by atoms with Crippen LogP contribution in [0.25, 0.3) is 0 Å². The number of rotatable bonds is 4. The number of hydrogen-bond donors (Lipinski definition) is 1. The van der Waals surface area contributed by atoms with Crippen LogP contribution in [0.2, 0.25) is 0 Å². The predicted molar refractivity (Wildman–Crippen MR) is 86.3 cm³/mol. The van der Waals surface area contributed by atoms with Crippen LogP contribution in [0, 0.1) is 11.3 Å². The highest BCUT2D eigenvalue weighted by atomic mass is 16.3. The van der Waals surface area contributed by atoms with Crippen LogP contribution in [-0.4, -0.2) is 11.9 Å². The lowest BCUT2D eigenvalue weighted by molar-refractivity contribution is -0.117. The van der Waals surface area contributed by atoms with E-state index in [1.54, 1.807) is 24.6 Å². The Morgan fingerprint density at radius 2 is 2.26 bits per heavy atom. The molecule has 1 unspecified atom stereocenters. The third-order valence-corrected chi connectivity index (χ3v) is 3.90. The quantitative estimate of drug-likeness (QED) is 0.696. The highest BCUT2D eigenvalue weighted by molar-refractivity contribution is 5.97. The molecule has 1 aromatic heterocycles. The smallest absolute Gasteiger partial charge is 0.263 e. The standard InChI is InChI=1S/C18H17N3O2/c1-13-9-14-5-2-3-7-17(14)21(13)12-15(10-19)18(22)20-11-16-6-4-8-23-16/h2-8,12-13H,9,11H2,1H3,(H,20,22)/b15-12-. The molecular weight excluding hydrogens is 290 g/mol. The Hall–Kier alpha value is -3.00. The van der Waals surface area contributed by atoms with E-state index in [0.29, 0.717) is 5.76 Å². The van der Waals surface area contributed by atoms with Crippen LogP contribution >= 0.6 is 0 Å². The minimum Gasteiger partial charge on any atom is -0.467 e. The van der Waals surface area contributed by atoms with Crippen LogP contribution in [0.3, 0.4) is 0 Å². The molecule has 23 heavy (non-hydrogen) atoms. The molecule has 0 aliphatic carbocycles. The number of para-hydroxylation sites is 1. The maximum Gasteiger partial charge on any atom is 0.263 e. The monoisotopic (exact) mass is 307 g/mol. The number of fused-ring (bicyclic) bond motifs is 1. The molecule has 0 saturated carbocycles. The van der Waals surface area contributed by atoms with Crippen molar-refractivity contribution in [2.45, 2.75) is 25.9 Å². The van der Waals surface area contributed by atoms with E-state index in [1.807, 2.05) is 29.2 Å². The minimum absolute atomic E-state index is 0.0834. The Kier molecular flexibility index (Phi) is 4.15. The number of hydrogen-bond acceptors (Lipinski definition) is 4. The summed E-state index contributed by atoms with van der Waals surface area (Å²) >= 11 is 0. The van der Waals surface area contributed by atoms with Gasteiger partial charge in [0.05, 0.1) is 12.8 Å². The SMILES string of the molecule is CC1Cc2ccccc2N1/C=C(/C#N)C(=O)NCc1ccco1. The normalized spacial score (nSPS) is 16.8. The van der Waals surface area contributed by atoms with E-state index < -0.39 is 5.91 Å². The highest BCUT2D eigenvalue weighted by Gasteiger charge is 2.25. The molecule has 1 amide bonds. The summed E-state index contributed by atoms with van der Waals surface area (Å²) in [6.45, 7) is 2.34. The Bertz CT molecular complexity index is 772. The van der Waals surface area contributed by atoms with Crippen LogP contribution in [0.15, 0.2) is 58.9 Å². The van der Waals surface area contributed by atoms with Gasteiger partial charge in [-0.05, 0) is 37.1 Å². The second kappa shape index (κ2) is 6.41. The van der Waals surface area contributed by atoms with Crippen molar-refractivity contribution in [3.05, 3.63) is 65.8 Å². The van der Waals surface area contributed by atoms with Gasteiger partial charge >= 0.3 is 0 Å². The molecule has 1 atom stereocenters. The summed E-state index contributed by atoms with van der Waals surface area (Å²) < 4.78 is 5.17. The summed E-state index contributed by atoms with van der Waals surface area (Å²) in [5.41, 5.74) is 2.36. The van der Waals surface area contributed by atoms with Crippen molar-refractivity contribution in [3.8, 4) is 6.07 Å². The van der Waals surface area contributed by atoms with Gasteiger partial charge in [-0.2, -0.15) is 5.26 Å². The minimum atomic E-state index is -0.402. The molecule has 0 saturated heterocycles. The Morgan fingerprint density at radius 1 is 1.43 bits per heavy atom. The number of nitriles is 1. The summed E-state index contributed by atoms with van der Waals surface area (Å²) in [5.74, 6) is 0.246. The van der Waals surface area contributed by atoms with Crippen molar-refractivity contribution in [2.75, 3.05) is 4.90 Å². The van der Waals surface area contributed by atoms with Crippen LogP contribution in [0.4, 0.5) is 5.69 Å². The van der Waals surface area contributed by atoms with E-state index >= 15 is 0 Å². The first-order valence-electron chi connectivity index (χ1n) is 7.48. The van der Waals surface area contributed by atoms with Gasteiger partial charge in [0.15, 0.2) is 0 Å². The first-order chi connectivity index (χ1) is 11.2. The fourth-order valence-corrected chi connectivity index (χ4v) is 2.74. The van der Waals surface area contributed by atoms with E-state index in [1.165, 1.54) is 5.56 Å². The molecule has 1 aromatic carbocycles. The summed E-state index contributed by atoms with van der Waals surface area (Å²) in [6.07, 6.45) is 4.08. The third kappa shape index (κ3) is 3.11. The van der Waals surface area contributed by atoms with Crippen molar-refractivity contribution in [1.82, 2.24) is 5.32 Å². The van der Waals surface area contributed by atoms with Crippen molar-refractivity contribution >= 4 is 11.6 Å². The van der Waals surface area contributed by atoms with E-state index in [0.717, 1.165) is 12.1 Å². The first kappa shape index (κ1) is 14.9. The van der Waals surface area contributed by atoms with Gasteiger partial charge in [0.1, 0.15) is 17.4 Å². The largest absolute Gasteiger partial charge is 0.467 e. The number of nitrogens with zero attached hydrogens (tertiary/aromatic N) is 2. The van der Waals surface area contributed by atoms with E-state index in [2.05, 4.69) is 18.3 Å². The number of amides is 1. The van der Waals surface area contributed by atoms with Crippen molar-refractivity contribution < 1.29 is 9.21 Å². The molecule has 0 spiro atoms. The number of carbonyl (C=O) groups is 1. The fraction of sp³-hybridized carbons (Fsp3) is 0.222. The number of furan rings is 1. The van der Waals surface area contributed by atoms with Crippen LogP contribution in [0.1, 0.15) is 18.2 Å². The van der Waals surface area contributed by atoms with Crippen molar-refractivity contribution in [2.24, 2.45) is 0 Å². The Balaban J connectivity index is 1.76. The average Bonchev–Trinajstić information content (AvgIpc) is 3.18. The highest BCUT2D eigenvalue weighted by Crippen LogP contribution is 2.32. The fourth-order valence-electron chi connectivity index (χ4n) is 2.74. The van der Waals surface area contributed by atoms with E-state index in [9.17, 15) is 10.1 Å². The molecule has 5 nitrogen and oxygen atoms in total. The second-order valence-electron chi connectivity index (χ2n) is 5.51. The summed E-state index contributed by atoms with van der Waals surface area (Å²) in [5, 5.41) is 12.0. The van der Waals surface area contributed by atoms with Crippen LogP contribution < -0.4 is 10.2 Å². The molecule has 1 aliphatic rings. The predicted octanol–water partition coefficient (Wildman–Crippen LogP) is 2.75. The molecule has 0 fully saturated rings. The summed E-state index contributed by atoms with van der Waals surface area (Å²) in [6, 6.07) is 13.8. The van der Waals surface area contributed by atoms with Gasteiger partial charge in [-0.25, -0.2) is 0 Å². The molecular formula is C18H17N3O2. The zero-order valence-electron chi connectivity index (χ0n) is 12.8. The van der Waals surface area contributed by atoms with E-state index in [4.69, 9.17) is 4.42 Å². The summed E-state index contributed by atoms with van der Waals surface area (Å²) in [7, 11) is 0. The topological polar surface area (TPSA) is 69.3 Å².